The van der Waals surface area contributed by atoms with Crippen molar-refractivity contribution in [3.05, 3.63) is 57.8 Å². The van der Waals surface area contributed by atoms with E-state index in [0.717, 1.165) is 21.8 Å². The highest BCUT2D eigenvalue weighted by molar-refractivity contribution is 6.31. The maximum atomic E-state index is 6.17. The van der Waals surface area contributed by atoms with Gasteiger partial charge in [0.25, 0.3) is 0 Å². The third kappa shape index (κ3) is 2.95. The second-order valence-electron chi connectivity index (χ2n) is 4.22. The van der Waals surface area contributed by atoms with Crippen molar-refractivity contribution in [1.82, 2.24) is 4.98 Å². The van der Waals surface area contributed by atoms with Gasteiger partial charge in [-0.2, -0.15) is 0 Å². The standard InChI is InChI=1S/C14H14Cl2N2/c1-9-7-11(8-17-14(9)16)18-10(2)12-5-3-4-6-13(12)15/h3-8,10,18H,1-2H3. The van der Waals surface area contributed by atoms with Crippen LogP contribution in [0.3, 0.4) is 0 Å². The van der Waals surface area contributed by atoms with Gasteiger partial charge in [0, 0.05) is 5.02 Å². The highest BCUT2D eigenvalue weighted by Crippen LogP contribution is 2.26. The third-order valence-corrected chi connectivity index (χ3v) is 3.51. The highest BCUT2D eigenvalue weighted by atomic mass is 35.5. The summed E-state index contributed by atoms with van der Waals surface area (Å²) in [7, 11) is 0. The third-order valence-electron chi connectivity index (χ3n) is 2.77. The summed E-state index contributed by atoms with van der Waals surface area (Å²) in [5.41, 5.74) is 2.95. The van der Waals surface area contributed by atoms with Crippen LogP contribution < -0.4 is 5.32 Å². The van der Waals surface area contributed by atoms with Gasteiger partial charge in [-0.15, -0.1) is 0 Å². The first-order chi connectivity index (χ1) is 8.58. The van der Waals surface area contributed by atoms with Gasteiger partial charge in [0.2, 0.25) is 0 Å². The van der Waals surface area contributed by atoms with E-state index in [1.807, 2.05) is 37.3 Å². The SMILES string of the molecule is Cc1cc(NC(C)c2ccccc2Cl)cnc1Cl. The molecule has 1 unspecified atom stereocenters. The zero-order chi connectivity index (χ0) is 13.1. The summed E-state index contributed by atoms with van der Waals surface area (Å²) in [6.45, 7) is 3.99. The molecular weight excluding hydrogens is 267 g/mol. The summed E-state index contributed by atoms with van der Waals surface area (Å²) < 4.78 is 0. The molecule has 0 spiro atoms. The van der Waals surface area contributed by atoms with E-state index in [9.17, 15) is 0 Å². The molecule has 0 fully saturated rings. The normalized spacial score (nSPS) is 12.2. The Bertz CT molecular complexity index is 555. The smallest absolute Gasteiger partial charge is 0.132 e. The van der Waals surface area contributed by atoms with Crippen LogP contribution in [-0.4, -0.2) is 4.98 Å². The average Bonchev–Trinajstić information content (AvgIpc) is 2.34. The second-order valence-corrected chi connectivity index (χ2v) is 4.98. The van der Waals surface area contributed by atoms with Crippen LogP contribution in [0.15, 0.2) is 36.5 Å². The van der Waals surface area contributed by atoms with Crippen molar-refractivity contribution in [1.29, 1.82) is 0 Å². The summed E-state index contributed by atoms with van der Waals surface area (Å²) in [5.74, 6) is 0. The fourth-order valence-corrected chi connectivity index (χ4v) is 2.19. The lowest BCUT2D eigenvalue weighted by Gasteiger charge is -2.17. The first-order valence-corrected chi connectivity index (χ1v) is 6.46. The molecule has 18 heavy (non-hydrogen) atoms. The van der Waals surface area contributed by atoms with Gasteiger partial charge in [0.1, 0.15) is 5.15 Å². The van der Waals surface area contributed by atoms with Gasteiger partial charge in [-0.05, 0) is 37.1 Å². The van der Waals surface area contributed by atoms with E-state index >= 15 is 0 Å². The Labute approximate surface area is 117 Å². The molecule has 1 aromatic carbocycles. The lowest BCUT2D eigenvalue weighted by molar-refractivity contribution is 0.882. The Morgan fingerprint density at radius 1 is 1.22 bits per heavy atom. The Hall–Kier alpha value is -1.25. The van der Waals surface area contributed by atoms with Gasteiger partial charge in [-0.25, -0.2) is 4.98 Å². The van der Waals surface area contributed by atoms with Crippen LogP contribution in [-0.2, 0) is 0 Å². The zero-order valence-electron chi connectivity index (χ0n) is 10.2. The van der Waals surface area contributed by atoms with Crippen molar-refractivity contribution in [2.75, 3.05) is 5.32 Å². The predicted molar refractivity (Wildman–Crippen MR) is 77.5 cm³/mol. The molecule has 2 rings (SSSR count). The quantitative estimate of drug-likeness (QED) is 0.812. The largest absolute Gasteiger partial charge is 0.377 e. The van der Waals surface area contributed by atoms with Crippen LogP contribution in [0.4, 0.5) is 5.69 Å². The van der Waals surface area contributed by atoms with Gasteiger partial charge < -0.3 is 5.32 Å². The van der Waals surface area contributed by atoms with Crippen LogP contribution in [0.2, 0.25) is 10.2 Å². The number of aromatic nitrogens is 1. The molecule has 1 N–H and O–H groups in total. The Balaban J connectivity index is 2.19. The number of halogens is 2. The first-order valence-electron chi connectivity index (χ1n) is 5.71. The van der Waals surface area contributed by atoms with Gasteiger partial charge in [0.15, 0.2) is 0 Å². The molecule has 0 radical (unpaired) electrons. The number of nitrogens with one attached hydrogen (secondary N) is 1. The van der Waals surface area contributed by atoms with Crippen molar-refractivity contribution in [2.45, 2.75) is 19.9 Å². The van der Waals surface area contributed by atoms with Crippen LogP contribution in [0.5, 0.6) is 0 Å². The van der Waals surface area contributed by atoms with Crippen molar-refractivity contribution in [3.63, 3.8) is 0 Å². The van der Waals surface area contributed by atoms with Gasteiger partial charge in [-0.1, -0.05) is 41.4 Å². The fraction of sp³-hybridized carbons (Fsp3) is 0.214. The first kappa shape index (κ1) is 13.2. The summed E-state index contributed by atoms with van der Waals surface area (Å²) >= 11 is 12.1. The minimum absolute atomic E-state index is 0.112. The average molecular weight is 281 g/mol. The number of hydrogen-bond acceptors (Lipinski definition) is 2. The molecule has 0 aliphatic heterocycles. The van der Waals surface area contributed by atoms with Crippen molar-refractivity contribution >= 4 is 28.9 Å². The van der Waals surface area contributed by atoms with E-state index in [1.165, 1.54) is 0 Å². The van der Waals surface area contributed by atoms with Gasteiger partial charge >= 0.3 is 0 Å². The van der Waals surface area contributed by atoms with Gasteiger partial charge in [0.05, 0.1) is 17.9 Å². The molecule has 0 saturated heterocycles. The van der Waals surface area contributed by atoms with E-state index < -0.39 is 0 Å². The summed E-state index contributed by atoms with van der Waals surface area (Å²) in [6, 6.07) is 9.89. The molecule has 1 atom stereocenters. The maximum Gasteiger partial charge on any atom is 0.132 e. The topological polar surface area (TPSA) is 24.9 Å². The molecule has 94 valence electrons. The van der Waals surface area contributed by atoms with E-state index in [1.54, 1.807) is 6.20 Å². The minimum atomic E-state index is 0.112. The number of nitrogens with zero attached hydrogens (tertiary/aromatic N) is 1. The number of anilines is 1. The van der Waals surface area contributed by atoms with E-state index in [-0.39, 0.29) is 6.04 Å². The molecular formula is C14H14Cl2N2. The Morgan fingerprint density at radius 2 is 1.94 bits per heavy atom. The fourth-order valence-electron chi connectivity index (χ4n) is 1.79. The molecule has 2 nitrogen and oxygen atoms in total. The van der Waals surface area contributed by atoms with E-state index in [4.69, 9.17) is 23.2 Å². The monoisotopic (exact) mass is 280 g/mol. The molecule has 0 amide bonds. The minimum Gasteiger partial charge on any atom is -0.377 e. The molecule has 2 aromatic rings. The zero-order valence-corrected chi connectivity index (χ0v) is 11.8. The Kier molecular flexibility index (Phi) is 4.10. The summed E-state index contributed by atoms with van der Waals surface area (Å²) in [5, 5.41) is 4.66. The summed E-state index contributed by atoms with van der Waals surface area (Å²) in [4.78, 5) is 4.12. The van der Waals surface area contributed by atoms with Crippen molar-refractivity contribution < 1.29 is 0 Å². The maximum absolute atomic E-state index is 6.17. The lowest BCUT2D eigenvalue weighted by atomic mass is 10.1. The highest BCUT2D eigenvalue weighted by Gasteiger charge is 2.09. The van der Waals surface area contributed by atoms with Gasteiger partial charge in [-0.3, -0.25) is 0 Å². The number of aryl methyl sites for hydroxylation is 1. The number of hydrogen-bond donors (Lipinski definition) is 1. The molecule has 1 heterocycles. The van der Waals surface area contributed by atoms with Crippen LogP contribution >= 0.6 is 23.2 Å². The molecule has 1 aromatic heterocycles. The predicted octanol–water partition coefficient (Wildman–Crippen LogP) is 4.87. The van der Waals surface area contributed by atoms with Crippen LogP contribution in [0, 0.1) is 6.92 Å². The van der Waals surface area contributed by atoms with E-state index in [0.29, 0.717) is 5.15 Å². The molecule has 0 aliphatic carbocycles. The van der Waals surface area contributed by atoms with E-state index in [2.05, 4.69) is 17.2 Å². The number of rotatable bonds is 3. The van der Waals surface area contributed by atoms with Crippen LogP contribution in [0.25, 0.3) is 0 Å². The van der Waals surface area contributed by atoms with Crippen LogP contribution in [0.1, 0.15) is 24.1 Å². The molecule has 4 heteroatoms. The van der Waals surface area contributed by atoms with Crippen molar-refractivity contribution in [2.24, 2.45) is 0 Å². The Morgan fingerprint density at radius 3 is 2.61 bits per heavy atom. The number of pyridine rings is 1. The summed E-state index contributed by atoms with van der Waals surface area (Å²) in [6.07, 6.45) is 1.72. The molecule has 0 saturated carbocycles. The molecule has 0 aliphatic rings. The van der Waals surface area contributed by atoms with Crippen molar-refractivity contribution in [3.8, 4) is 0 Å². The lowest BCUT2D eigenvalue weighted by Crippen LogP contribution is -2.07. The second kappa shape index (κ2) is 5.59. The molecule has 0 bridgehead atoms. The number of benzene rings is 1.